The summed E-state index contributed by atoms with van der Waals surface area (Å²) < 4.78 is 0. The van der Waals surface area contributed by atoms with Gasteiger partial charge in [0.2, 0.25) is 0 Å². The Kier molecular flexibility index (Phi) is 7.68. The van der Waals surface area contributed by atoms with E-state index in [1.807, 2.05) is 6.07 Å². The Morgan fingerprint density at radius 1 is 0.582 bits per heavy atom. The van der Waals surface area contributed by atoms with E-state index in [9.17, 15) is 0 Å². The largest absolute Gasteiger partial charge is 0.248 e. The second-order valence-electron chi connectivity index (χ2n) is 15.4. The summed E-state index contributed by atoms with van der Waals surface area (Å²) in [4.78, 5) is 5.44. The molecule has 7 aromatic carbocycles. The third-order valence-corrected chi connectivity index (χ3v) is 12.3. The average molecular weight is 704 g/mol. The highest BCUT2D eigenvalue weighted by atomic mass is 14.8. The maximum absolute atomic E-state index is 5.44. The minimum Gasteiger partial charge on any atom is -0.248 e. The number of benzene rings is 7. The van der Waals surface area contributed by atoms with E-state index in [1.165, 1.54) is 72.0 Å². The van der Waals surface area contributed by atoms with Crippen LogP contribution in [0, 0.1) is 0 Å². The summed E-state index contributed by atoms with van der Waals surface area (Å²) >= 11 is 0. The smallest absolute Gasteiger partial charge is 0.0787 e. The van der Waals surface area contributed by atoms with E-state index in [0.29, 0.717) is 0 Å². The van der Waals surface area contributed by atoms with Crippen molar-refractivity contribution >= 4 is 33.3 Å². The minimum absolute atomic E-state index is 0.178. The van der Waals surface area contributed by atoms with Crippen molar-refractivity contribution in [2.24, 2.45) is 4.99 Å². The lowest BCUT2D eigenvalue weighted by atomic mass is 9.68. The Hall–Kier alpha value is -6.57. The Bertz CT molecular complexity index is 2770. The zero-order valence-corrected chi connectivity index (χ0v) is 31.3. The molecule has 10 rings (SSSR count). The van der Waals surface area contributed by atoms with Crippen molar-refractivity contribution in [2.45, 2.75) is 31.1 Å². The van der Waals surface area contributed by atoms with Crippen molar-refractivity contribution in [1.82, 2.24) is 0 Å². The summed E-state index contributed by atoms with van der Waals surface area (Å²) in [6, 6.07) is 61.7. The van der Waals surface area contributed by atoms with Crippen molar-refractivity contribution < 1.29 is 0 Å². The van der Waals surface area contributed by atoms with Crippen LogP contribution in [0.1, 0.15) is 64.8 Å². The van der Waals surface area contributed by atoms with Crippen LogP contribution >= 0.6 is 0 Å². The topological polar surface area (TPSA) is 12.4 Å². The second kappa shape index (κ2) is 12.8. The lowest BCUT2D eigenvalue weighted by Gasteiger charge is -2.34. The predicted octanol–water partition coefficient (Wildman–Crippen LogP) is 13.4. The normalized spacial score (nSPS) is 17.9. The molecule has 0 aliphatic heterocycles. The third kappa shape index (κ3) is 5.11. The molecule has 0 radical (unpaired) electrons. The number of nitrogens with zero attached hydrogens (tertiary/aromatic N) is 1. The quantitative estimate of drug-likeness (QED) is 0.153. The summed E-state index contributed by atoms with van der Waals surface area (Å²) in [5.41, 5.74) is 17.3. The van der Waals surface area contributed by atoms with E-state index < -0.39 is 5.41 Å². The fourth-order valence-electron chi connectivity index (χ4n) is 9.47. The maximum Gasteiger partial charge on any atom is 0.0787 e. The van der Waals surface area contributed by atoms with Crippen LogP contribution in [0.25, 0.3) is 38.7 Å². The van der Waals surface area contributed by atoms with Gasteiger partial charge >= 0.3 is 0 Å². The predicted molar refractivity (Wildman–Crippen MR) is 232 cm³/mol. The molecule has 1 unspecified atom stereocenters. The molecule has 0 N–H and O–H groups in total. The van der Waals surface area contributed by atoms with E-state index in [2.05, 4.69) is 202 Å². The van der Waals surface area contributed by atoms with E-state index in [0.717, 1.165) is 29.0 Å². The molecule has 0 aromatic heterocycles. The maximum atomic E-state index is 5.44. The highest BCUT2D eigenvalue weighted by Gasteiger charge is 2.52. The van der Waals surface area contributed by atoms with Crippen molar-refractivity contribution in [3.63, 3.8) is 0 Å². The average Bonchev–Trinajstić information content (AvgIpc) is 3.69. The molecular weight excluding hydrogens is 663 g/mol. The molecule has 1 heteroatoms. The molecule has 7 aromatic rings. The fraction of sp³-hybridized carbons (Fsp3) is 0.0926. The molecule has 3 aliphatic carbocycles. The van der Waals surface area contributed by atoms with Gasteiger partial charge in [-0.1, -0.05) is 196 Å². The first-order chi connectivity index (χ1) is 27.0. The van der Waals surface area contributed by atoms with E-state index >= 15 is 0 Å². The number of fused-ring (bicyclic) bond motifs is 8. The third-order valence-electron chi connectivity index (χ3n) is 12.3. The Morgan fingerprint density at radius 2 is 1.20 bits per heavy atom. The first-order valence-corrected chi connectivity index (χ1v) is 19.3. The molecule has 0 heterocycles. The summed E-state index contributed by atoms with van der Waals surface area (Å²) in [7, 11) is 0. The highest BCUT2D eigenvalue weighted by Crippen LogP contribution is 2.62. The minimum atomic E-state index is -0.474. The molecule has 0 saturated heterocycles. The standard InChI is InChI=1S/C54H41N/c1-36-51(52(41-19-8-5-9-20-41)55-37(2)38-16-6-4-7-17-38)47-29-28-44(35-50(47)54(36)48-24-14-12-22-45(48)46-23-13-15-25-49(46)54)53(3)32-30-40(31-33-53)43-27-26-39-18-10-11-21-42(39)34-43/h4-32,34-35H,2,33H2,1,3H3/b55-52-. The van der Waals surface area contributed by atoms with Crippen LogP contribution in [0.3, 0.4) is 0 Å². The van der Waals surface area contributed by atoms with Gasteiger partial charge in [0.15, 0.2) is 0 Å². The van der Waals surface area contributed by atoms with Crippen molar-refractivity contribution in [2.75, 3.05) is 0 Å². The van der Waals surface area contributed by atoms with Gasteiger partial charge in [0.1, 0.15) is 0 Å². The van der Waals surface area contributed by atoms with Gasteiger partial charge in [0, 0.05) is 16.6 Å². The van der Waals surface area contributed by atoms with Gasteiger partial charge in [-0.2, -0.15) is 0 Å². The van der Waals surface area contributed by atoms with Gasteiger partial charge in [-0.15, -0.1) is 0 Å². The summed E-state index contributed by atoms with van der Waals surface area (Å²) in [5.74, 6) is 0. The lowest BCUT2D eigenvalue weighted by Crippen LogP contribution is -2.28. The van der Waals surface area contributed by atoms with Crippen LogP contribution in [0.2, 0.25) is 0 Å². The van der Waals surface area contributed by atoms with Gasteiger partial charge in [0.05, 0.1) is 16.8 Å². The molecule has 0 bridgehead atoms. The molecule has 262 valence electrons. The molecule has 1 spiro atoms. The first kappa shape index (κ1) is 33.0. The zero-order valence-electron chi connectivity index (χ0n) is 31.3. The highest BCUT2D eigenvalue weighted by molar-refractivity contribution is 6.35. The number of hydrogen-bond acceptors (Lipinski definition) is 1. The molecule has 1 atom stereocenters. The van der Waals surface area contributed by atoms with Gasteiger partial charge in [-0.3, -0.25) is 0 Å². The van der Waals surface area contributed by atoms with Gasteiger partial charge in [-0.05, 0) is 91.4 Å². The SMILES string of the molecule is C=C(/N=C(\C1=C(C)C2(c3cc(C4(C)C=CC(c5ccc6ccccc6c5)=CC4)ccc31)c1ccccc1-c1ccccc12)c1ccccc1)c1ccccc1. The first-order valence-electron chi connectivity index (χ1n) is 19.3. The van der Waals surface area contributed by atoms with Gasteiger partial charge in [-0.25, -0.2) is 4.99 Å². The van der Waals surface area contributed by atoms with Gasteiger partial charge in [0.25, 0.3) is 0 Å². The zero-order chi connectivity index (χ0) is 37.1. The molecule has 3 aliphatic rings. The van der Waals surface area contributed by atoms with Crippen LogP contribution < -0.4 is 0 Å². The molecule has 0 fully saturated rings. The van der Waals surface area contributed by atoms with E-state index in [-0.39, 0.29) is 5.41 Å². The van der Waals surface area contributed by atoms with Crippen LogP contribution in [-0.4, -0.2) is 5.71 Å². The fourth-order valence-corrected chi connectivity index (χ4v) is 9.47. The molecule has 0 amide bonds. The van der Waals surface area contributed by atoms with Crippen molar-refractivity contribution in [1.29, 1.82) is 0 Å². The lowest BCUT2D eigenvalue weighted by molar-refractivity contribution is 0.598. The Labute approximate surface area is 324 Å². The Balaban J connectivity index is 1.17. The van der Waals surface area contributed by atoms with Crippen LogP contribution in [0.15, 0.2) is 205 Å². The molecule has 55 heavy (non-hydrogen) atoms. The monoisotopic (exact) mass is 703 g/mol. The van der Waals surface area contributed by atoms with E-state index in [1.54, 1.807) is 0 Å². The number of allylic oxidation sites excluding steroid dienone is 6. The number of rotatable bonds is 6. The summed E-state index contributed by atoms with van der Waals surface area (Å²) in [6.45, 7) is 9.24. The van der Waals surface area contributed by atoms with Crippen molar-refractivity contribution in [3.05, 3.63) is 245 Å². The second-order valence-corrected chi connectivity index (χ2v) is 15.4. The summed E-state index contributed by atoms with van der Waals surface area (Å²) in [5, 5.41) is 2.54. The van der Waals surface area contributed by atoms with Crippen molar-refractivity contribution in [3.8, 4) is 11.1 Å². The van der Waals surface area contributed by atoms with E-state index in [4.69, 9.17) is 4.99 Å². The van der Waals surface area contributed by atoms with Crippen LogP contribution in [0.5, 0.6) is 0 Å². The number of aliphatic imine (C=N–C) groups is 1. The van der Waals surface area contributed by atoms with Gasteiger partial charge < -0.3 is 0 Å². The van der Waals surface area contributed by atoms with Crippen LogP contribution in [-0.2, 0) is 10.8 Å². The summed E-state index contributed by atoms with van der Waals surface area (Å²) in [6.07, 6.45) is 8.11. The number of hydrogen-bond donors (Lipinski definition) is 0. The molecular formula is C54H41N. The van der Waals surface area contributed by atoms with Crippen LogP contribution in [0.4, 0.5) is 0 Å². The molecule has 0 saturated carbocycles. The molecule has 1 nitrogen and oxygen atoms in total. The Morgan fingerprint density at radius 3 is 1.87 bits per heavy atom.